The predicted octanol–water partition coefficient (Wildman–Crippen LogP) is 4.09. The lowest BCUT2D eigenvalue weighted by molar-refractivity contribution is 0.0746. The first-order chi connectivity index (χ1) is 9.33. The van der Waals surface area contributed by atoms with Gasteiger partial charge in [0.25, 0.3) is 0 Å². The Morgan fingerprint density at radius 1 is 1.21 bits per heavy atom. The number of unbranched alkanes of at least 4 members (excludes halogenated alkanes) is 2. The highest BCUT2D eigenvalue weighted by molar-refractivity contribution is 5.13. The highest BCUT2D eigenvalue weighted by Crippen LogP contribution is 2.04. The van der Waals surface area contributed by atoms with Crippen molar-refractivity contribution in [2.75, 3.05) is 6.61 Å². The van der Waals surface area contributed by atoms with Gasteiger partial charge in [-0.3, -0.25) is 0 Å². The molecule has 0 saturated heterocycles. The summed E-state index contributed by atoms with van der Waals surface area (Å²) in [5.41, 5.74) is 1.18. The molecule has 0 saturated carbocycles. The Kier molecular flexibility index (Phi) is 9.03. The molecule has 0 bridgehead atoms. The van der Waals surface area contributed by atoms with Gasteiger partial charge in [-0.15, -0.1) is 0 Å². The highest BCUT2D eigenvalue weighted by atomic mass is 16.5. The average molecular weight is 262 g/mol. The van der Waals surface area contributed by atoms with Gasteiger partial charge in [0, 0.05) is 6.61 Å². The van der Waals surface area contributed by atoms with Crippen molar-refractivity contribution in [3.63, 3.8) is 0 Å². The van der Waals surface area contributed by atoms with Crippen molar-refractivity contribution < 1.29 is 9.84 Å². The van der Waals surface area contributed by atoms with E-state index in [9.17, 15) is 5.11 Å². The fourth-order valence-electron chi connectivity index (χ4n) is 1.79. The summed E-state index contributed by atoms with van der Waals surface area (Å²) in [6.07, 6.45) is 8.97. The highest BCUT2D eigenvalue weighted by Gasteiger charge is 2.01. The maximum atomic E-state index is 9.77. The van der Waals surface area contributed by atoms with Crippen LogP contribution in [0.4, 0.5) is 0 Å². The van der Waals surface area contributed by atoms with Crippen LogP contribution in [0.5, 0.6) is 0 Å². The molecular formula is C17H26O2. The predicted molar refractivity (Wildman–Crippen MR) is 80.0 cm³/mol. The molecule has 0 fully saturated rings. The monoisotopic (exact) mass is 262 g/mol. The second-order valence-corrected chi connectivity index (χ2v) is 4.83. The van der Waals surface area contributed by atoms with Crippen molar-refractivity contribution in [2.45, 2.75) is 51.7 Å². The molecular weight excluding hydrogens is 236 g/mol. The number of hydrogen-bond acceptors (Lipinski definition) is 2. The van der Waals surface area contributed by atoms with E-state index in [0.717, 1.165) is 12.8 Å². The zero-order valence-electron chi connectivity index (χ0n) is 11.9. The zero-order chi connectivity index (χ0) is 13.8. The summed E-state index contributed by atoms with van der Waals surface area (Å²) in [5.74, 6) is 0. The van der Waals surface area contributed by atoms with Crippen LogP contribution < -0.4 is 0 Å². The van der Waals surface area contributed by atoms with Crippen LogP contribution in [0, 0.1) is 0 Å². The normalized spacial score (nSPS) is 12.9. The fourth-order valence-corrected chi connectivity index (χ4v) is 1.79. The van der Waals surface area contributed by atoms with E-state index in [1.807, 2.05) is 30.3 Å². The maximum Gasteiger partial charge on any atom is 0.0716 e. The third kappa shape index (κ3) is 8.57. The lowest BCUT2D eigenvalue weighted by Gasteiger charge is -2.08. The summed E-state index contributed by atoms with van der Waals surface area (Å²) in [6, 6.07) is 10.1. The molecule has 1 atom stereocenters. The topological polar surface area (TPSA) is 29.5 Å². The molecule has 0 spiro atoms. The standard InChI is InChI=1S/C17H26O2/c1-2-3-4-5-9-12-17(18)13-14-19-15-16-10-7-6-8-11-16/h5-11,17-18H,2-4,12-15H2,1H3/b9-5+/t17-/m1/s1. The zero-order valence-corrected chi connectivity index (χ0v) is 11.9. The van der Waals surface area contributed by atoms with Gasteiger partial charge in [-0.2, -0.15) is 0 Å². The van der Waals surface area contributed by atoms with Crippen LogP contribution in [0.2, 0.25) is 0 Å². The first-order valence-corrected chi connectivity index (χ1v) is 7.27. The van der Waals surface area contributed by atoms with E-state index >= 15 is 0 Å². The molecule has 1 aromatic rings. The third-order valence-corrected chi connectivity index (χ3v) is 3.01. The molecule has 0 amide bonds. The molecule has 0 aliphatic heterocycles. The van der Waals surface area contributed by atoms with Crippen LogP contribution in [0.25, 0.3) is 0 Å². The number of ether oxygens (including phenoxy) is 1. The van der Waals surface area contributed by atoms with E-state index in [0.29, 0.717) is 19.6 Å². The van der Waals surface area contributed by atoms with Gasteiger partial charge in [0.15, 0.2) is 0 Å². The van der Waals surface area contributed by atoms with E-state index in [-0.39, 0.29) is 6.10 Å². The lowest BCUT2D eigenvalue weighted by atomic mass is 10.1. The van der Waals surface area contributed by atoms with E-state index in [1.54, 1.807) is 0 Å². The van der Waals surface area contributed by atoms with Gasteiger partial charge in [-0.1, -0.05) is 62.2 Å². The number of rotatable bonds is 10. The summed E-state index contributed by atoms with van der Waals surface area (Å²) in [4.78, 5) is 0. The fraction of sp³-hybridized carbons (Fsp3) is 0.529. The molecule has 19 heavy (non-hydrogen) atoms. The molecule has 0 aromatic heterocycles. The lowest BCUT2D eigenvalue weighted by Crippen LogP contribution is -2.09. The Morgan fingerprint density at radius 3 is 2.74 bits per heavy atom. The Bertz CT molecular complexity index is 332. The summed E-state index contributed by atoms with van der Waals surface area (Å²) >= 11 is 0. The Hall–Kier alpha value is -1.12. The van der Waals surface area contributed by atoms with Crippen LogP contribution in [-0.2, 0) is 11.3 Å². The van der Waals surface area contributed by atoms with Gasteiger partial charge >= 0.3 is 0 Å². The number of hydrogen-bond donors (Lipinski definition) is 1. The van der Waals surface area contributed by atoms with Crippen LogP contribution in [0.1, 0.15) is 44.6 Å². The van der Waals surface area contributed by atoms with Gasteiger partial charge in [0.2, 0.25) is 0 Å². The first kappa shape index (κ1) is 15.9. The number of allylic oxidation sites excluding steroid dienone is 1. The van der Waals surface area contributed by atoms with Crippen LogP contribution >= 0.6 is 0 Å². The van der Waals surface area contributed by atoms with Crippen LogP contribution in [0.3, 0.4) is 0 Å². The van der Waals surface area contributed by atoms with E-state index in [2.05, 4.69) is 19.1 Å². The van der Waals surface area contributed by atoms with Crippen molar-refractivity contribution in [3.8, 4) is 0 Å². The van der Waals surface area contributed by atoms with Crippen molar-refractivity contribution >= 4 is 0 Å². The molecule has 2 heteroatoms. The minimum absolute atomic E-state index is 0.284. The molecule has 1 rings (SSSR count). The second-order valence-electron chi connectivity index (χ2n) is 4.83. The molecule has 106 valence electrons. The Labute approximate surface area is 117 Å². The first-order valence-electron chi connectivity index (χ1n) is 7.27. The SMILES string of the molecule is CCCC/C=C/C[C@@H](O)CCOCc1ccccc1. The van der Waals surface area contributed by atoms with Crippen LogP contribution in [-0.4, -0.2) is 17.8 Å². The molecule has 0 radical (unpaired) electrons. The summed E-state index contributed by atoms with van der Waals surface area (Å²) in [7, 11) is 0. The molecule has 1 aromatic carbocycles. The van der Waals surface area contributed by atoms with Gasteiger partial charge in [0.1, 0.15) is 0 Å². The smallest absolute Gasteiger partial charge is 0.0716 e. The quantitative estimate of drug-likeness (QED) is 0.508. The van der Waals surface area contributed by atoms with Crippen molar-refractivity contribution in [1.29, 1.82) is 0 Å². The van der Waals surface area contributed by atoms with E-state index < -0.39 is 0 Å². The Morgan fingerprint density at radius 2 is 2.00 bits per heavy atom. The summed E-state index contributed by atoms with van der Waals surface area (Å²) in [5, 5.41) is 9.77. The average Bonchev–Trinajstić information content (AvgIpc) is 2.44. The molecule has 0 aliphatic rings. The van der Waals surface area contributed by atoms with Gasteiger partial charge in [-0.25, -0.2) is 0 Å². The molecule has 2 nitrogen and oxygen atoms in total. The third-order valence-electron chi connectivity index (χ3n) is 3.01. The second kappa shape index (κ2) is 10.8. The van der Waals surface area contributed by atoms with Gasteiger partial charge in [-0.05, 0) is 24.8 Å². The van der Waals surface area contributed by atoms with Crippen LogP contribution in [0.15, 0.2) is 42.5 Å². The van der Waals surface area contributed by atoms with E-state index in [1.165, 1.54) is 18.4 Å². The summed E-state index contributed by atoms with van der Waals surface area (Å²) < 4.78 is 5.55. The van der Waals surface area contributed by atoms with Crippen molar-refractivity contribution in [2.24, 2.45) is 0 Å². The van der Waals surface area contributed by atoms with Crippen molar-refractivity contribution in [3.05, 3.63) is 48.0 Å². The number of aliphatic hydroxyl groups is 1. The minimum atomic E-state index is -0.284. The molecule has 0 aliphatic carbocycles. The number of aliphatic hydroxyl groups excluding tert-OH is 1. The van der Waals surface area contributed by atoms with E-state index in [4.69, 9.17) is 4.74 Å². The van der Waals surface area contributed by atoms with Crippen molar-refractivity contribution in [1.82, 2.24) is 0 Å². The molecule has 0 heterocycles. The summed E-state index contributed by atoms with van der Waals surface area (Å²) in [6.45, 7) is 3.42. The van der Waals surface area contributed by atoms with Gasteiger partial charge < -0.3 is 9.84 Å². The number of benzene rings is 1. The van der Waals surface area contributed by atoms with Gasteiger partial charge in [0.05, 0.1) is 12.7 Å². The molecule has 1 N–H and O–H groups in total. The maximum absolute atomic E-state index is 9.77. The molecule has 0 unspecified atom stereocenters. The largest absolute Gasteiger partial charge is 0.393 e. The minimum Gasteiger partial charge on any atom is -0.393 e. The Balaban J connectivity index is 2.01.